The molecule has 92 valence electrons. The second-order valence-electron chi connectivity index (χ2n) is 4.48. The average molecular weight is 239 g/mol. The van der Waals surface area contributed by atoms with E-state index in [1.54, 1.807) is 0 Å². The van der Waals surface area contributed by atoms with Crippen molar-refractivity contribution < 1.29 is 0 Å². The second-order valence-corrected chi connectivity index (χ2v) is 5.60. The quantitative estimate of drug-likeness (QED) is 0.650. The van der Waals surface area contributed by atoms with Crippen LogP contribution in [0.15, 0.2) is 11.4 Å². The largest absolute Gasteiger partial charge is 0.313 e. The van der Waals surface area contributed by atoms with Gasteiger partial charge in [0, 0.05) is 10.9 Å². The molecule has 1 rings (SSSR count). The lowest BCUT2D eigenvalue weighted by Gasteiger charge is -2.16. The molecule has 0 saturated carbocycles. The molecule has 1 N–H and O–H groups in total. The molecule has 0 fully saturated rings. The molecular weight excluding hydrogens is 214 g/mol. The summed E-state index contributed by atoms with van der Waals surface area (Å²) in [6.07, 6.45) is 8.13. The van der Waals surface area contributed by atoms with Crippen molar-refractivity contribution in [1.29, 1.82) is 0 Å². The van der Waals surface area contributed by atoms with Gasteiger partial charge in [0.1, 0.15) is 0 Å². The highest BCUT2D eigenvalue weighted by Crippen LogP contribution is 2.26. The zero-order valence-corrected chi connectivity index (χ0v) is 11.7. The lowest BCUT2D eigenvalue weighted by atomic mass is 10.0. The number of aryl methyl sites for hydroxylation is 1. The molecule has 0 bridgehead atoms. The van der Waals surface area contributed by atoms with Crippen LogP contribution in [-0.2, 0) is 0 Å². The summed E-state index contributed by atoms with van der Waals surface area (Å²) in [5, 5.41) is 5.64. The summed E-state index contributed by atoms with van der Waals surface area (Å²) in [5.74, 6) is 0. The molecule has 0 spiro atoms. The standard InChI is InChI=1S/C14H25NS/c1-4-5-6-7-8-9-14(15-3)13-10-11-16-12(13)2/h10-11,14-15H,4-9H2,1-3H3. The summed E-state index contributed by atoms with van der Waals surface area (Å²) in [5.41, 5.74) is 1.50. The van der Waals surface area contributed by atoms with Gasteiger partial charge in [-0.2, -0.15) is 0 Å². The molecule has 1 unspecified atom stereocenters. The molecule has 1 heterocycles. The van der Waals surface area contributed by atoms with Crippen molar-refractivity contribution in [2.24, 2.45) is 0 Å². The fraction of sp³-hybridized carbons (Fsp3) is 0.714. The first kappa shape index (κ1) is 13.7. The molecule has 0 saturated heterocycles. The van der Waals surface area contributed by atoms with Crippen LogP contribution >= 0.6 is 11.3 Å². The van der Waals surface area contributed by atoms with E-state index in [0.29, 0.717) is 6.04 Å². The Bertz CT molecular complexity index is 280. The Morgan fingerprint density at radius 1 is 1.25 bits per heavy atom. The summed E-state index contributed by atoms with van der Waals surface area (Å²) < 4.78 is 0. The van der Waals surface area contributed by atoms with Crippen molar-refractivity contribution in [3.8, 4) is 0 Å². The van der Waals surface area contributed by atoms with Gasteiger partial charge in [0.25, 0.3) is 0 Å². The van der Waals surface area contributed by atoms with E-state index in [1.807, 2.05) is 11.3 Å². The van der Waals surface area contributed by atoms with Crippen LogP contribution in [0.3, 0.4) is 0 Å². The van der Waals surface area contributed by atoms with Gasteiger partial charge in [0.2, 0.25) is 0 Å². The monoisotopic (exact) mass is 239 g/mol. The van der Waals surface area contributed by atoms with Crippen LogP contribution in [0.25, 0.3) is 0 Å². The molecule has 1 aromatic heterocycles. The minimum Gasteiger partial charge on any atom is -0.313 e. The lowest BCUT2D eigenvalue weighted by molar-refractivity contribution is 0.500. The van der Waals surface area contributed by atoms with Crippen LogP contribution < -0.4 is 5.32 Å². The highest BCUT2D eigenvalue weighted by atomic mass is 32.1. The third-order valence-corrected chi connectivity index (χ3v) is 4.08. The number of rotatable bonds is 8. The molecule has 0 aliphatic carbocycles. The van der Waals surface area contributed by atoms with Gasteiger partial charge in [0.15, 0.2) is 0 Å². The Morgan fingerprint density at radius 3 is 2.56 bits per heavy atom. The third kappa shape index (κ3) is 4.26. The molecule has 1 atom stereocenters. The average Bonchev–Trinajstić information content (AvgIpc) is 2.70. The van der Waals surface area contributed by atoms with E-state index in [-0.39, 0.29) is 0 Å². The van der Waals surface area contributed by atoms with Gasteiger partial charge in [-0.05, 0) is 37.4 Å². The van der Waals surface area contributed by atoms with Crippen LogP contribution in [-0.4, -0.2) is 7.05 Å². The van der Waals surface area contributed by atoms with E-state index in [4.69, 9.17) is 0 Å². The fourth-order valence-corrected chi connectivity index (χ4v) is 2.93. The Kier molecular flexibility index (Phi) is 6.74. The van der Waals surface area contributed by atoms with Gasteiger partial charge in [-0.15, -0.1) is 11.3 Å². The summed E-state index contributed by atoms with van der Waals surface area (Å²) in [6.45, 7) is 4.49. The smallest absolute Gasteiger partial charge is 0.0328 e. The molecule has 0 radical (unpaired) electrons. The van der Waals surface area contributed by atoms with Crippen LogP contribution in [0.2, 0.25) is 0 Å². The molecular formula is C14H25NS. The van der Waals surface area contributed by atoms with Crippen LogP contribution in [0.1, 0.15) is 61.9 Å². The first-order chi connectivity index (χ1) is 7.79. The Balaban J connectivity index is 2.30. The summed E-state index contributed by atoms with van der Waals surface area (Å²) in [6, 6.07) is 2.83. The Labute approximate surface area is 104 Å². The third-order valence-electron chi connectivity index (χ3n) is 3.22. The van der Waals surface area contributed by atoms with Crippen molar-refractivity contribution in [1.82, 2.24) is 5.32 Å². The zero-order chi connectivity index (χ0) is 11.8. The van der Waals surface area contributed by atoms with Crippen molar-refractivity contribution in [2.75, 3.05) is 7.05 Å². The molecule has 16 heavy (non-hydrogen) atoms. The predicted molar refractivity (Wildman–Crippen MR) is 74.2 cm³/mol. The van der Waals surface area contributed by atoms with Gasteiger partial charge >= 0.3 is 0 Å². The van der Waals surface area contributed by atoms with E-state index >= 15 is 0 Å². The zero-order valence-electron chi connectivity index (χ0n) is 10.9. The van der Waals surface area contributed by atoms with E-state index in [9.17, 15) is 0 Å². The van der Waals surface area contributed by atoms with Gasteiger partial charge in [-0.1, -0.05) is 39.0 Å². The SMILES string of the molecule is CCCCCCCC(NC)c1ccsc1C. The number of nitrogens with one attached hydrogen (secondary N) is 1. The van der Waals surface area contributed by atoms with Crippen molar-refractivity contribution in [3.05, 3.63) is 21.9 Å². The molecule has 1 aromatic rings. The maximum Gasteiger partial charge on any atom is 0.0328 e. The van der Waals surface area contributed by atoms with Gasteiger partial charge < -0.3 is 5.32 Å². The molecule has 2 heteroatoms. The maximum absolute atomic E-state index is 3.44. The van der Waals surface area contributed by atoms with Crippen molar-refractivity contribution in [2.45, 2.75) is 58.4 Å². The van der Waals surface area contributed by atoms with Gasteiger partial charge in [-0.3, -0.25) is 0 Å². The minimum atomic E-state index is 0.563. The van der Waals surface area contributed by atoms with E-state index in [1.165, 1.54) is 49.0 Å². The van der Waals surface area contributed by atoms with Crippen LogP contribution in [0, 0.1) is 6.92 Å². The number of hydrogen-bond acceptors (Lipinski definition) is 2. The predicted octanol–water partition coefficient (Wildman–Crippen LogP) is 4.68. The first-order valence-electron chi connectivity index (χ1n) is 6.50. The summed E-state index contributed by atoms with van der Waals surface area (Å²) in [7, 11) is 2.08. The van der Waals surface area contributed by atoms with Crippen molar-refractivity contribution in [3.63, 3.8) is 0 Å². The van der Waals surface area contributed by atoms with Crippen molar-refractivity contribution >= 4 is 11.3 Å². The highest BCUT2D eigenvalue weighted by Gasteiger charge is 2.11. The summed E-state index contributed by atoms with van der Waals surface area (Å²) >= 11 is 1.86. The van der Waals surface area contributed by atoms with Crippen LogP contribution in [0.4, 0.5) is 0 Å². The normalized spacial score (nSPS) is 12.9. The molecule has 0 amide bonds. The maximum atomic E-state index is 3.44. The topological polar surface area (TPSA) is 12.0 Å². The number of thiophene rings is 1. The van der Waals surface area contributed by atoms with Gasteiger partial charge in [0.05, 0.1) is 0 Å². The first-order valence-corrected chi connectivity index (χ1v) is 7.38. The molecule has 0 aromatic carbocycles. The van der Waals surface area contributed by atoms with Gasteiger partial charge in [-0.25, -0.2) is 0 Å². The van der Waals surface area contributed by atoms with E-state index in [0.717, 1.165) is 0 Å². The number of unbranched alkanes of at least 4 members (excludes halogenated alkanes) is 4. The molecule has 0 aliphatic rings. The van der Waals surface area contributed by atoms with E-state index < -0.39 is 0 Å². The Morgan fingerprint density at radius 2 is 2.00 bits per heavy atom. The Hall–Kier alpha value is -0.340. The fourth-order valence-electron chi connectivity index (χ4n) is 2.16. The van der Waals surface area contributed by atoms with E-state index in [2.05, 4.69) is 37.7 Å². The highest BCUT2D eigenvalue weighted by molar-refractivity contribution is 7.10. The number of hydrogen-bond donors (Lipinski definition) is 1. The molecule has 1 nitrogen and oxygen atoms in total. The second kappa shape index (κ2) is 7.86. The summed E-state index contributed by atoms with van der Waals surface area (Å²) in [4.78, 5) is 1.47. The molecule has 0 aliphatic heterocycles. The lowest BCUT2D eigenvalue weighted by Crippen LogP contribution is -2.16. The minimum absolute atomic E-state index is 0.563. The van der Waals surface area contributed by atoms with Crippen LogP contribution in [0.5, 0.6) is 0 Å².